The van der Waals surface area contributed by atoms with Crippen LogP contribution in [0.25, 0.3) is 0 Å². The van der Waals surface area contributed by atoms with Gasteiger partial charge in [-0.15, -0.1) is 0 Å². The first-order valence-corrected chi connectivity index (χ1v) is 10.8. The van der Waals surface area contributed by atoms with Crippen LogP contribution in [0.4, 0.5) is 0 Å². The number of hydrogen-bond donors (Lipinski definition) is 1. The number of imidazole rings is 1. The van der Waals surface area contributed by atoms with Crippen molar-refractivity contribution in [1.82, 2.24) is 19.3 Å². The first kappa shape index (κ1) is 19.4. The summed E-state index contributed by atoms with van der Waals surface area (Å²) in [6, 6.07) is 16.4. The molecule has 4 aromatic rings. The van der Waals surface area contributed by atoms with Gasteiger partial charge in [-0.3, -0.25) is 4.68 Å². The molecule has 0 spiro atoms. The van der Waals surface area contributed by atoms with Gasteiger partial charge in [-0.25, -0.2) is 4.98 Å². The predicted molar refractivity (Wildman–Crippen MR) is 121 cm³/mol. The number of phenols is 1. The smallest absolute Gasteiger partial charge is 0.119 e. The van der Waals surface area contributed by atoms with E-state index >= 15 is 0 Å². The second-order valence-corrected chi connectivity index (χ2v) is 8.16. The summed E-state index contributed by atoms with van der Waals surface area (Å²) in [6.07, 6.45) is 17.2. The summed E-state index contributed by atoms with van der Waals surface area (Å²) in [5.41, 5.74) is 4.74. The molecule has 2 unspecified atom stereocenters. The fraction of sp³-hybridized carbons (Fsp3) is 0.231. The SMILES string of the molecule is Oc1cccc2c1CCC(/C=C/Cn1cc(C(c3ccccc3)n3ccnc3)cn1)C2. The summed E-state index contributed by atoms with van der Waals surface area (Å²) in [5, 5.41) is 14.6. The summed E-state index contributed by atoms with van der Waals surface area (Å²) in [4.78, 5) is 4.23. The van der Waals surface area contributed by atoms with Gasteiger partial charge < -0.3 is 9.67 Å². The van der Waals surface area contributed by atoms with E-state index in [2.05, 4.69) is 63.3 Å². The normalized spacial score (nSPS) is 17.0. The number of phenolic OH excluding ortho intramolecular Hbond substituents is 1. The lowest BCUT2D eigenvalue weighted by Gasteiger charge is -2.22. The number of fused-ring (bicyclic) bond motifs is 1. The third-order valence-electron chi connectivity index (χ3n) is 6.10. The molecule has 2 aromatic heterocycles. The van der Waals surface area contributed by atoms with Crippen LogP contribution in [0.2, 0.25) is 0 Å². The van der Waals surface area contributed by atoms with E-state index in [0.29, 0.717) is 11.7 Å². The van der Waals surface area contributed by atoms with E-state index < -0.39 is 0 Å². The van der Waals surface area contributed by atoms with Crippen molar-refractivity contribution in [2.45, 2.75) is 31.8 Å². The maximum Gasteiger partial charge on any atom is 0.119 e. The van der Waals surface area contributed by atoms with Gasteiger partial charge in [-0.2, -0.15) is 5.10 Å². The molecule has 156 valence electrons. The number of benzene rings is 2. The molecule has 0 amide bonds. The summed E-state index contributed by atoms with van der Waals surface area (Å²) in [5.74, 6) is 0.946. The summed E-state index contributed by atoms with van der Waals surface area (Å²) in [6.45, 7) is 0.745. The second-order valence-electron chi connectivity index (χ2n) is 8.16. The van der Waals surface area contributed by atoms with Gasteiger partial charge in [0.2, 0.25) is 0 Å². The largest absolute Gasteiger partial charge is 0.508 e. The highest BCUT2D eigenvalue weighted by atomic mass is 16.3. The Morgan fingerprint density at radius 3 is 2.84 bits per heavy atom. The first-order chi connectivity index (χ1) is 15.3. The molecule has 1 aliphatic carbocycles. The van der Waals surface area contributed by atoms with Crippen molar-refractivity contribution in [2.24, 2.45) is 5.92 Å². The molecule has 5 rings (SSSR count). The molecule has 2 heterocycles. The predicted octanol–water partition coefficient (Wildman–Crippen LogP) is 4.78. The molecule has 5 heteroatoms. The topological polar surface area (TPSA) is 55.9 Å². The van der Waals surface area contributed by atoms with Crippen LogP contribution in [-0.2, 0) is 19.4 Å². The van der Waals surface area contributed by atoms with Crippen LogP contribution in [0.3, 0.4) is 0 Å². The Morgan fingerprint density at radius 2 is 2.00 bits per heavy atom. The lowest BCUT2D eigenvalue weighted by Crippen LogP contribution is -2.12. The highest BCUT2D eigenvalue weighted by molar-refractivity contribution is 5.41. The van der Waals surface area contributed by atoms with Crippen molar-refractivity contribution in [3.05, 3.63) is 114 Å². The lowest BCUT2D eigenvalue weighted by molar-refractivity contribution is 0.453. The monoisotopic (exact) mass is 410 g/mol. The van der Waals surface area contributed by atoms with E-state index in [1.165, 1.54) is 11.1 Å². The number of aromatic hydroxyl groups is 1. The van der Waals surface area contributed by atoms with E-state index in [0.717, 1.165) is 36.9 Å². The molecule has 0 fully saturated rings. The van der Waals surface area contributed by atoms with E-state index in [1.807, 2.05) is 41.7 Å². The summed E-state index contributed by atoms with van der Waals surface area (Å²) >= 11 is 0. The maximum absolute atomic E-state index is 10.0. The van der Waals surface area contributed by atoms with Crippen molar-refractivity contribution < 1.29 is 5.11 Å². The van der Waals surface area contributed by atoms with Crippen molar-refractivity contribution in [3.63, 3.8) is 0 Å². The van der Waals surface area contributed by atoms with Gasteiger partial charge in [0.15, 0.2) is 0 Å². The van der Waals surface area contributed by atoms with Crippen LogP contribution < -0.4 is 0 Å². The zero-order valence-corrected chi connectivity index (χ0v) is 17.4. The fourth-order valence-electron chi connectivity index (χ4n) is 4.56. The second kappa shape index (κ2) is 8.64. The van der Waals surface area contributed by atoms with E-state index in [1.54, 1.807) is 6.07 Å². The van der Waals surface area contributed by atoms with Crippen LogP contribution in [0.1, 0.15) is 34.7 Å². The molecular formula is C26H26N4O. The number of aromatic nitrogens is 4. The minimum atomic E-state index is 0.0592. The first-order valence-electron chi connectivity index (χ1n) is 10.8. The Hall–Kier alpha value is -3.60. The summed E-state index contributed by atoms with van der Waals surface area (Å²) < 4.78 is 4.10. The van der Waals surface area contributed by atoms with E-state index in [-0.39, 0.29) is 6.04 Å². The van der Waals surface area contributed by atoms with E-state index in [4.69, 9.17) is 0 Å². The fourth-order valence-corrected chi connectivity index (χ4v) is 4.56. The Labute approximate surface area is 182 Å². The average Bonchev–Trinajstić information content (AvgIpc) is 3.48. The Balaban J connectivity index is 1.28. The molecule has 0 aliphatic heterocycles. The highest BCUT2D eigenvalue weighted by Gasteiger charge is 2.19. The number of rotatable bonds is 6. The Kier molecular flexibility index (Phi) is 5.40. The Morgan fingerprint density at radius 1 is 1.10 bits per heavy atom. The summed E-state index contributed by atoms with van der Waals surface area (Å²) in [7, 11) is 0. The van der Waals surface area contributed by atoms with Crippen molar-refractivity contribution in [2.75, 3.05) is 0 Å². The van der Waals surface area contributed by atoms with Crippen molar-refractivity contribution >= 4 is 0 Å². The van der Waals surface area contributed by atoms with Crippen LogP contribution in [0.15, 0.2) is 91.8 Å². The number of hydrogen-bond acceptors (Lipinski definition) is 3. The van der Waals surface area contributed by atoms with Crippen LogP contribution in [0.5, 0.6) is 5.75 Å². The molecule has 5 nitrogen and oxygen atoms in total. The lowest BCUT2D eigenvalue weighted by atomic mass is 9.83. The molecule has 31 heavy (non-hydrogen) atoms. The van der Waals surface area contributed by atoms with Gasteiger partial charge in [0.05, 0.1) is 25.1 Å². The number of nitrogens with zero attached hydrogens (tertiary/aromatic N) is 4. The average molecular weight is 411 g/mol. The minimum Gasteiger partial charge on any atom is -0.508 e. The zero-order valence-electron chi connectivity index (χ0n) is 17.4. The molecule has 2 atom stereocenters. The van der Waals surface area contributed by atoms with Crippen LogP contribution in [-0.4, -0.2) is 24.4 Å². The number of allylic oxidation sites excluding steroid dienone is 2. The third-order valence-corrected chi connectivity index (χ3v) is 6.10. The van der Waals surface area contributed by atoms with Gasteiger partial charge >= 0.3 is 0 Å². The van der Waals surface area contributed by atoms with Gasteiger partial charge in [-0.1, -0.05) is 54.6 Å². The highest BCUT2D eigenvalue weighted by Crippen LogP contribution is 2.32. The minimum absolute atomic E-state index is 0.0592. The quantitative estimate of drug-likeness (QED) is 0.465. The molecule has 0 saturated heterocycles. The Bertz CT molecular complexity index is 1160. The van der Waals surface area contributed by atoms with Gasteiger partial charge in [0.25, 0.3) is 0 Å². The maximum atomic E-state index is 10.0. The van der Waals surface area contributed by atoms with Gasteiger partial charge in [0.1, 0.15) is 5.75 Å². The van der Waals surface area contributed by atoms with Crippen molar-refractivity contribution in [1.29, 1.82) is 0 Å². The zero-order chi connectivity index (χ0) is 21.0. The van der Waals surface area contributed by atoms with Crippen LogP contribution in [0, 0.1) is 5.92 Å². The standard InChI is InChI=1S/C26H26N4O/c31-25-10-4-9-22-16-20(11-12-24(22)25)6-5-14-30-18-23(17-28-30)26(29-15-13-27-19-29)21-7-2-1-3-8-21/h1-10,13,15,17-20,26,31H,11-12,14,16H2/b6-5+. The molecule has 0 saturated carbocycles. The van der Waals surface area contributed by atoms with Gasteiger partial charge in [-0.05, 0) is 47.9 Å². The molecule has 0 radical (unpaired) electrons. The molecule has 0 bridgehead atoms. The van der Waals surface area contributed by atoms with E-state index in [9.17, 15) is 5.11 Å². The molecular weight excluding hydrogens is 384 g/mol. The van der Waals surface area contributed by atoms with Gasteiger partial charge in [0, 0.05) is 24.2 Å². The molecule has 2 aromatic carbocycles. The molecule has 1 aliphatic rings. The molecule has 1 N–H and O–H groups in total. The third kappa shape index (κ3) is 4.17. The van der Waals surface area contributed by atoms with Crippen LogP contribution >= 0.6 is 0 Å². The van der Waals surface area contributed by atoms with Crippen molar-refractivity contribution in [3.8, 4) is 5.75 Å².